The predicted molar refractivity (Wildman–Crippen MR) is 85.9 cm³/mol. The fraction of sp³-hybridized carbons (Fsp3) is 0.0667. The summed E-state index contributed by atoms with van der Waals surface area (Å²) in [5, 5.41) is 7.18. The van der Waals surface area contributed by atoms with E-state index in [-0.39, 0.29) is 0 Å². The first kappa shape index (κ1) is 13.6. The predicted octanol–water partition coefficient (Wildman–Crippen LogP) is 3.49. The van der Waals surface area contributed by atoms with Gasteiger partial charge in [-0.25, -0.2) is 4.98 Å². The molecule has 21 heavy (non-hydrogen) atoms. The molecule has 0 amide bonds. The first-order valence-corrected chi connectivity index (χ1v) is 7.09. The van der Waals surface area contributed by atoms with Gasteiger partial charge >= 0.3 is 0 Å². The Morgan fingerprint density at radius 1 is 1.10 bits per heavy atom. The lowest BCUT2D eigenvalue weighted by Crippen LogP contribution is -1.93. The van der Waals surface area contributed by atoms with E-state index in [1.165, 1.54) is 0 Å². The second-order valence-corrected chi connectivity index (χ2v) is 5.39. The van der Waals surface area contributed by atoms with Crippen LogP contribution in [-0.2, 0) is 0 Å². The van der Waals surface area contributed by atoms with Crippen molar-refractivity contribution in [1.29, 1.82) is 0 Å². The summed E-state index contributed by atoms with van der Waals surface area (Å²) in [5.41, 5.74) is 8.28. The lowest BCUT2D eigenvalue weighted by atomic mass is 10.2. The first-order valence-electron chi connectivity index (χ1n) is 6.29. The van der Waals surface area contributed by atoms with Crippen molar-refractivity contribution in [2.45, 2.75) is 0 Å². The van der Waals surface area contributed by atoms with Crippen LogP contribution in [0.15, 0.2) is 46.9 Å². The average Bonchev–Trinajstić information content (AvgIpc) is 2.98. The van der Waals surface area contributed by atoms with Gasteiger partial charge in [-0.15, -0.1) is 0 Å². The van der Waals surface area contributed by atoms with E-state index in [0.717, 1.165) is 15.6 Å². The number of ether oxygens (including phenoxy) is 1. The molecule has 6 heteroatoms. The molecule has 0 saturated carbocycles. The number of benzene rings is 2. The van der Waals surface area contributed by atoms with Crippen molar-refractivity contribution in [3.63, 3.8) is 0 Å². The highest BCUT2D eigenvalue weighted by Gasteiger charge is 2.09. The van der Waals surface area contributed by atoms with Crippen molar-refractivity contribution in [3.8, 4) is 28.5 Å². The molecular weight excluding hydrogens is 332 g/mol. The topological polar surface area (TPSA) is 76.8 Å². The van der Waals surface area contributed by atoms with Gasteiger partial charge in [-0.2, -0.15) is 5.10 Å². The molecule has 3 rings (SSSR count). The summed E-state index contributed by atoms with van der Waals surface area (Å²) >= 11 is 3.41. The largest absolute Gasteiger partial charge is 0.495 e. The summed E-state index contributed by atoms with van der Waals surface area (Å²) in [5.74, 6) is 1.96. The minimum atomic E-state index is 0.560. The van der Waals surface area contributed by atoms with Crippen LogP contribution in [0.1, 0.15) is 0 Å². The molecule has 0 radical (unpaired) electrons. The van der Waals surface area contributed by atoms with Crippen molar-refractivity contribution in [2.75, 3.05) is 12.8 Å². The highest BCUT2D eigenvalue weighted by molar-refractivity contribution is 9.10. The van der Waals surface area contributed by atoms with Crippen LogP contribution in [0.5, 0.6) is 5.75 Å². The molecule has 0 aliphatic carbocycles. The van der Waals surface area contributed by atoms with Crippen molar-refractivity contribution < 1.29 is 4.74 Å². The number of anilines is 1. The fourth-order valence-corrected chi connectivity index (χ4v) is 2.27. The van der Waals surface area contributed by atoms with Gasteiger partial charge in [0.1, 0.15) is 5.75 Å². The molecule has 2 aromatic carbocycles. The lowest BCUT2D eigenvalue weighted by Gasteiger charge is -2.04. The highest BCUT2D eigenvalue weighted by Crippen LogP contribution is 2.27. The van der Waals surface area contributed by atoms with Crippen molar-refractivity contribution >= 4 is 21.6 Å². The summed E-state index contributed by atoms with van der Waals surface area (Å²) in [6.07, 6.45) is 0. The van der Waals surface area contributed by atoms with Crippen molar-refractivity contribution in [2.24, 2.45) is 0 Å². The summed E-state index contributed by atoms with van der Waals surface area (Å²) in [4.78, 5) is 4.50. The summed E-state index contributed by atoms with van der Waals surface area (Å²) in [7, 11) is 1.59. The number of methoxy groups -OCH3 is 1. The zero-order valence-corrected chi connectivity index (χ0v) is 12.9. The molecule has 0 aliphatic heterocycles. The van der Waals surface area contributed by atoms with E-state index in [1.807, 2.05) is 30.3 Å². The standard InChI is InChI=1S/C15H13BrN4O/c1-21-13-7-4-10(8-12(13)17)15-18-14(19-20-15)9-2-5-11(16)6-3-9/h2-8H,17H2,1H3,(H,18,19,20). The van der Waals surface area contributed by atoms with Crippen LogP contribution in [0.25, 0.3) is 22.8 Å². The molecule has 3 N–H and O–H groups in total. The minimum Gasteiger partial charge on any atom is -0.495 e. The van der Waals surface area contributed by atoms with E-state index >= 15 is 0 Å². The van der Waals surface area contributed by atoms with E-state index < -0.39 is 0 Å². The van der Waals surface area contributed by atoms with Gasteiger partial charge in [-0.05, 0) is 30.3 Å². The average molecular weight is 345 g/mol. The van der Waals surface area contributed by atoms with Gasteiger partial charge in [0.25, 0.3) is 0 Å². The number of rotatable bonds is 3. The molecule has 3 aromatic rings. The number of halogens is 1. The Morgan fingerprint density at radius 2 is 1.81 bits per heavy atom. The second-order valence-electron chi connectivity index (χ2n) is 4.47. The Labute approximate surface area is 130 Å². The Kier molecular flexibility index (Phi) is 3.62. The molecule has 1 heterocycles. The summed E-state index contributed by atoms with van der Waals surface area (Å²) in [6.45, 7) is 0. The van der Waals surface area contributed by atoms with E-state index in [4.69, 9.17) is 10.5 Å². The maximum absolute atomic E-state index is 5.91. The maximum Gasteiger partial charge on any atom is 0.181 e. The fourth-order valence-electron chi connectivity index (χ4n) is 2.00. The molecule has 0 atom stereocenters. The van der Waals surface area contributed by atoms with E-state index in [0.29, 0.717) is 23.1 Å². The van der Waals surface area contributed by atoms with E-state index in [2.05, 4.69) is 31.1 Å². The normalized spacial score (nSPS) is 10.6. The van der Waals surface area contributed by atoms with E-state index in [9.17, 15) is 0 Å². The van der Waals surface area contributed by atoms with Gasteiger partial charge in [-0.1, -0.05) is 28.1 Å². The zero-order valence-electron chi connectivity index (χ0n) is 11.3. The molecule has 0 fully saturated rings. The third kappa shape index (κ3) is 2.75. The number of hydrogen-bond donors (Lipinski definition) is 2. The number of nitrogen functional groups attached to an aromatic ring is 1. The Bertz CT molecular complexity index is 768. The maximum atomic E-state index is 5.91. The molecule has 1 aromatic heterocycles. The molecule has 5 nitrogen and oxygen atoms in total. The van der Waals surface area contributed by atoms with Crippen molar-refractivity contribution in [3.05, 3.63) is 46.9 Å². The van der Waals surface area contributed by atoms with Gasteiger partial charge in [0.05, 0.1) is 12.8 Å². The van der Waals surface area contributed by atoms with Crippen LogP contribution >= 0.6 is 15.9 Å². The number of aromatic amines is 1. The number of nitrogens with one attached hydrogen (secondary N) is 1. The van der Waals surface area contributed by atoms with Crippen LogP contribution in [0.2, 0.25) is 0 Å². The molecule has 0 aliphatic rings. The third-order valence-corrected chi connectivity index (χ3v) is 3.62. The van der Waals surface area contributed by atoms with Crippen LogP contribution in [0.3, 0.4) is 0 Å². The number of aromatic nitrogens is 3. The Morgan fingerprint density at radius 3 is 2.48 bits per heavy atom. The van der Waals surface area contributed by atoms with Gasteiger partial charge in [0.2, 0.25) is 0 Å². The Hall–Kier alpha value is -2.34. The van der Waals surface area contributed by atoms with Crippen LogP contribution in [-0.4, -0.2) is 22.3 Å². The quantitative estimate of drug-likeness (QED) is 0.713. The number of nitrogens with zero attached hydrogens (tertiary/aromatic N) is 2. The number of hydrogen-bond acceptors (Lipinski definition) is 4. The molecule has 0 spiro atoms. The van der Waals surface area contributed by atoms with Crippen LogP contribution in [0, 0.1) is 0 Å². The lowest BCUT2D eigenvalue weighted by molar-refractivity contribution is 0.417. The SMILES string of the molecule is COc1ccc(-c2n[nH]c(-c3ccc(Br)cc3)n2)cc1N. The molecule has 0 bridgehead atoms. The Balaban J connectivity index is 1.94. The molecule has 106 valence electrons. The van der Waals surface area contributed by atoms with Crippen LogP contribution in [0.4, 0.5) is 5.69 Å². The summed E-state index contributed by atoms with van der Waals surface area (Å²) in [6, 6.07) is 13.3. The van der Waals surface area contributed by atoms with Gasteiger partial charge < -0.3 is 10.5 Å². The third-order valence-electron chi connectivity index (χ3n) is 3.09. The molecule has 0 unspecified atom stereocenters. The first-order chi connectivity index (χ1) is 10.2. The number of nitrogens with two attached hydrogens (primary N) is 1. The van der Waals surface area contributed by atoms with Gasteiger partial charge in [-0.3, -0.25) is 5.10 Å². The van der Waals surface area contributed by atoms with E-state index in [1.54, 1.807) is 19.2 Å². The summed E-state index contributed by atoms with van der Waals surface area (Å²) < 4.78 is 6.17. The second kappa shape index (κ2) is 5.57. The van der Waals surface area contributed by atoms with Gasteiger partial charge in [0, 0.05) is 15.6 Å². The van der Waals surface area contributed by atoms with Crippen LogP contribution < -0.4 is 10.5 Å². The smallest absolute Gasteiger partial charge is 0.181 e. The zero-order chi connectivity index (χ0) is 14.8. The monoisotopic (exact) mass is 344 g/mol. The highest BCUT2D eigenvalue weighted by atomic mass is 79.9. The number of H-pyrrole nitrogens is 1. The molecular formula is C15H13BrN4O. The van der Waals surface area contributed by atoms with Gasteiger partial charge in [0.15, 0.2) is 11.6 Å². The van der Waals surface area contributed by atoms with Crippen molar-refractivity contribution in [1.82, 2.24) is 15.2 Å². The molecule has 0 saturated heterocycles. The minimum absolute atomic E-state index is 0.560.